The lowest BCUT2D eigenvalue weighted by Gasteiger charge is -2.21. The van der Waals surface area contributed by atoms with Crippen LogP contribution in [-0.4, -0.2) is 32.4 Å². The van der Waals surface area contributed by atoms with Gasteiger partial charge < -0.3 is 10.1 Å². The number of ether oxygens (including phenoxy) is 1. The van der Waals surface area contributed by atoms with Gasteiger partial charge in [0.2, 0.25) is 5.91 Å². The molecule has 0 spiro atoms. The molecule has 1 aromatic carbocycles. The molecule has 1 N–H and O–H groups in total. The molecule has 0 unspecified atom stereocenters. The van der Waals surface area contributed by atoms with Crippen molar-refractivity contribution in [2.45, 2.75) is 25.1 Å². The molecule has 0 aliphatic carbocycles. The van der Waals surface area contributed by atoms with Crippen molar-refractivity contribution >= 4 is 15.7 Å². The van der Waals surface area contributed by atoms with E-state index in [1.807, 2.05) is 12.1 Å². The van der Waals surface area contributed by atoms with Crippen LogP contribution in [0, 0.1) is 0 Å². The van der Waals surface area contributed by atoms with Gasteiger partial charge in [-0.1, -0.05) is 12.1 Å². The van der Waals surface area contributed by atoms with Gasteiger partial charge in [0, 0.05) is 12.8 Å². The lowest BCUT2D eigenvalue weighted by molar-refractivity contribution is -0.123. The zero-order valence-corrected chi connectivity index (χ0v) is 12.4. The zero-order valence-electron chi connectivity index (χ0n) is 11.6. The highest BCUT2D eigenvalue weighted by Crippen LogP contribution is 2.16. The van der Waals surface area contributed by atoms with Crippen LogP contribution in [0.1, 0.15) is 19.4 Å². The molecule has 5 nitrogen and oxygen atoms in total. The Morgan fingerprint density at radius 3 is 2.53 bits per heavy atom. The molecule has 6 heteroatoms. The van der Waals surface area contributed by atoms with E-state index in [0.717, 1.165) is 11.8 Å². The van der Waals surface area contributed by atoms with Crippen molar-refractivity contribution in [2.75, 3.05) is 13.4 Å². The molecule has 0 bridgehead atoms. The molecule has 1 aromatic rings. The summed E-state index contributed by atoms with van der Waals surface area (Å²) >= 11 is 0. The first-order chi connectivity index (χ1) is 8.68. The fraction of sp³-hybridized carbons (Fsp3) is 0.462. The van der Waals surface area contributed by atoms with Crippen molar-refractivity contribution in [2.24, 2.45) is 0 Å². The molecule has 106 valence electrons. The molecule has 0 radical (unpaired) electrons. The van der Waals surface area contributed by atoms with Gasteiger partial charge in [0.25, 0.3) is 0 Å². The van der Waals surface area contributed by atoms with Gasteiger partial charge in [-0.25, -0.2) is 8.42 Å². The van der Waals surface area contributed by atoms with E-state index in [1.54, 1.807) is 19.2 Å². The lowest BCUT2D eigenvalue weighted by Crippen LogP contribution is -2.47. The third-order valence-electron chi connectivity index (χ3n) is 3.06. The van der Waals surface area contributed by atoms with Gasteiger partial charge in [-0.05, 0) is 31.5 Å². The van der Waals surface area contributed by atoms with Crippen LogP contribution in [-0.2, 0) is 21.2 Å². The fourth-order valence-electron chi connectivity index (χ4n) is 1.35. The van der Waals surface area contributed by atoms with E-state index in [0.29, 0.717) is 5.75 Å². The molecule has 0 fully saturated rings. The van der Waals surface area contributed by atoms with E-state index in [9.17, 15) is 13.2 Å². The number of hydrogen-bond donors (Lipinski definition) is 1. The Balaban J connectivity index is 2.74. The normalized spacial score (nSPS) is 12.0. The van der Waals surface area contributed by atoms with E-state index in [2.05, 4.69) is 5.32 Å². The highest BCUT2D eigenvalue weighted by molar-refractivity contribution is 7.92. The third-order valence-corrected chi connectivity index (χ3v) is 5.10. The second-order valence-corrected chi connectivity index (χ2v) is 7.38. The predicted molar refractivity (Wildman–Crippen MR) is 73.8 cm³/mol. The van der Waals surface area contributed by atoms with Crippen molar-refractivity contribution in [1.82, 2.24) is 5.32 Å². The van der Waals surface area contributed by atoms with E-state index in [1.165, 1.54) is 13.8 Å². The first-order valence-corrected chi connectivity index (χ1v) is 7.68. The summed E-state index contributed by atoms with van der Waals surface area (Å²) in [6, 6.07) is 7.22. The van der Waals surface area contributed by atoms with Crippen molar-refractivity contribution in [3.63, 3.8) is 0 Å². The summed E-state index contributed by atoms with van der Waals surface area (Å²) in [6.07, 6.45) is 1.05. The molecule has 0 aromatic heterocycles. The van der Waals surface area contributed by atoms with Gasteiger partial charge in [-0.15, -0.1) is 0 Å². The Kier molecular flexibility index (Phi) is 4.57. The molecular formula is C13H19NO4S. The minimum atomic E-state index is -3.46. The van der Waals surface area contributed by atoms with E-state index in [-0.39, 0.29) is 6.54 Å². The summed E-state index contributed by atoms with van der Waals surface area (Å²) in [5.41, 5.74) is 0.844. The SMILES string of the molecule is COc1cccc(CNC(=O)C(C)(C)S(C)(=O)=O)c1. The Morgan fingerprint density at radius 2 is 2.00 bits per heavy atom. The monoisotopic (exact) mass is 285 g/mol. The number of benzene rings is 1. The summed E-state index contributed by atoms with van der Waals surface area (Å²) in [4.78, 5) is 11.9. The summed E-state index contributed by atoms with van der Waals surface area (Å²) in [5, 5.41) is 2.62. The quantitative estimate of drug-likeness (QED) is 0.880. The van der Waals surface area contributed by atoms with Crippen molar-refractivity contribution in [1.29, 1.82) is 0 Å². The largest absolute Gasteiger partial charge is 0.497 e. The van der Waals surface area contributed by atoms with E-state index < -0.39 is 20.5 Å². The minimum Gasteiger partial charge on any atom is -0.497 e. The number of nitrogens with one attached hydrogen (secondary N) is 1. The third kappa shape index (κ3) is 3.70. The summed E-state index contributed by atoms with van der Waals surface area (Å²) < 4.78 is 26.7. The number of carbonyl (C=O) groups excluding carboxylic acids is 1. The van der Waals surface area contributed by atoms with Crippen molar-refractivity contribution < 1.29 is 17.9 Å². The molecule has 1 rings (SSSR count). The molecule has 1 amide bonds. The lowest BCUT2D eigenvalue weighted by atomic mass is 10.1. The second-order valence-electron chi connectivity index (χ2n) is 4.82. The molecule has 0 saturated carbocycles. The Morgan fingerprint density at radius 1 is 1.37 bits per heavy atom. The molecule has 0 saturated heterocycles. The zero-order chi connectivity index (χ0) is 14.7. The maximum absolute atomic E-state index is 11.9. The number of hydrogen-bond acceptors (Lipinski definition) is 4. The van der Waals surface area contributed by atoms with Crippen LogP contribution in [0.4, 0.5) is 0 Å². The maximum Gasteiger partial charge on any atom is 0.241 e. The molecule has 0 heterocycles. The van der Waals surface area contributed by atoms with E-state index >= 15 is 0 Å². The number of sulfone groups is 1. The van der Waals surface area contributed by atoms with Crippen LogP contribution in [0.2, 0.25) is 0 Å². The van der Waals surface area contributed by atoms with Crippen molar-refractivity contribution in [3.05, 3.63) is 29.8 Å². The first-order valence-electron chi connectivity index (χ1n) is 5.79. The van der Waals surface area contributed by atoms with Gasteiger partial charge in [-0.2, -0.15) is 0 Å². The number of rotatable bonds is 5. The summed E-state index contributed by atoms with van der Waals surface area (Å²) in [5.74, 6) is 0.173. The summed E-state index contributed by atoms with van der Waals surface area (Å²) in [7, 11) is -1.90. The van der Waals surface area contributed by atoms with Crippen molar-refractivity contribution in [3.8, 4) is 5.75 Å². The van der Waals surface area contributed by atoms with Crippen LogP contribution in [0.3, 0.4) is 0 Å². The van der Waals surface area contributed by atoms with Gasteiger partial charge in [0.1, 0.15) is 10.5 Å². The Bertz CT molecular complexity index is 564. The van der Waals surface area contributed by atoms with Crippen LogP contribution in [0.5, 0.6) is 5.75 Å². The standard InChI is InChI=1S/C13H19NO4S/c1-13(2,19(4,16)17)12(15)14-9-10-6-5-7-11(8-10)18-3/h5-8H,9H2,1-4H3,(H,14,15). The Labute approximate surface area is 113 Å². The van der Waals surface area contributed by atoms with E-state index in [4.69, 9.17) is 4.74 Å². The maximum atomic E-state index is 11.9. The number of carbonyl (C=O) groups is 1. The average Bonchev–Trinajstić information content (AvgIpc) is 2.34. The molecule has 0 aliphatic heterocycles. The highest BCUT2D eigenvalue weighted by Gasteiger charge is 2.38. The fourth-order valence-corrected chi connectivity index (χ4v) is 1.75. The molecule has 0 atom stereocenters. The van der Waals surface area contributed by atoms with Crippen LogP contribution >= 0.6 is 0 Å². The first kappa shape index (κ1) is 15.5. The van der Waals surface area contributed by atoms with Crippen LogP contribution in [0.15, 0.2) is 24.3 Å². The van der Waals surface area contributed by atoms with Crippen LogP contribution in [0.25, 0.3) is 0 Å². The Hall–Kier alpha value is -1.56. The minimum absolute atomic E-state index is 0.259. The molecule has 0 aliphatic rings. The molecule has 19 heavy (non-hydrogen) atoms. The van der Waals surface area contributed by atoms with Gasteiger partial charge in [-0.3, -0.25) is 4.79 Å². The average molecular weight is 285 g/mol. The van der Waals surface area contributed by atoms with Gasteiger partial charge in [0.15, 0.2) is 9.84 Å². The summed E-state index contributed by atoms with van der Waals surface area (Å²) in [6.45, 7) is 3.04. The van der Waals surface area contributed by atoms with Gasteiger partial charge >= 0.3 is 0 Å². The highest BCUT2D eigenvalue weighted by atomic mass is 32.2. The topological polar surface area (TPSA) is 72.5 Å². The predicted octanol–water partition coefficient (Wildman–Crippen LogP) is 1.13. The number of amides is 1. The second kappa shape index (κ2) is 5.61. The van der Waals surface area contributed by atoms with Crippen LogP contribution < -0.4 is 10.1 Å². The van der Waals surface area contributed by atoms with Gasteiger partial charge in [0.05, 0.1) is 7.11 Å². The smallest absolute Gasteiger partial charge is 0.241 e. The number of methoxy groups -OCH3 is 1. The molecular weight excluding hydrogens is 266 g/mol.